The largest absolute Gasteiger partial charge is 0.379 e. The lowest BCUT2D eigenvalue weighted by molar-refractivity contribution is 0.0161. The standard InChI is InChI=1S/C25H25F2N3O2S/c26-20-8-6-18(7-9-20)17-33-25-22(5-2-10-28-25)24(31)29-16-23(30-11-13-32-14-12-30)19-3-1-4-21(27)15-19/h1-10,15,23H,11-14,16-17H2,(H,29,31). The van der Waals surface area contributed by atoms with Crippen LogP contribution in [0, 0.1) is 11.6 Å². The van der Waals surface area contributed by atoms with Gasteiger partial charge in [0.05, 0.1) is 24.8 Å². The van der Waals surface area contributed by atoms with Crippen LogP contribution in [0.25, 0.3) is 0 Å². The SMILES string of the molecule is O=C(NCC(c1cccc(F)c1)N1CCOCC1)c1cccnc1SCc1ccc(F)cc1. The minimum atomic E-state index is -0.302. The Morgan fingerprint density at radius 2 is 1.85 bits per heavy atom. The highest BCUT2D eigenvalue weighted by Gasteiger charge is 2.24. The maximum Gasteiger partial charge on any atom is 0.254 e. The second-order valence-electron chi connectivity index (χ2n) is 7.70. The molecular weight excluding hydrogens is 444 g/mol. The molecule has 1 fully saturated rings. The lowest BCUT2D eigenvalue weighted by Crippen LogP contribution is -2.44. The van der Waals surface area contributed by atoms with Gasteiger partial charge >= 0.3 is 0 Å². The Bertz CT molecular complexity index is 1080. The number of hydrogen-bond acceptors (Lipinski definition) is 5. The van der Waals surface area contributed by atoms with Gasteiger partial charge in [0, 0.05) is 31.6 Å². The topological polar surface area (TPSA) is 54.5 Å². The molecule has 172 valence electrons. The number of pyridine rings is 1. The van der Waals surface area contributed by atoms with Crippen molar-refractivity contribution in [1.82, 2.24) is 15.2 Å². The number of carbonyl (C=O) groups excluding carboxylic acids is 1. The molecule has 1 aliphatic rings. The van der Waals surface area contributed by atoms with Crippen LogP contribution in [0.15, 0.2) is 71.9 Å². The van der Waals surface area contributed by atoms with E-state index < -0.39 is 0 Å². The van der Waals surface area contributed by atoms with Gasteiger partial charge in [0.15, 0.2) is 0 Å². The molecule has 8 heteroatoms. The van der Waals surface area contributed by atoms with Crippen molar-refractivity contribution < 1.29 is 18.3 Å². The van der Waals surface area contributed by atoms with Crippen molar-refractivity contribution in [3.05, 3.63) is 95.2 Å². The van der Waals surface area contributed by atoms with Crippen molar-refractivity contribution in [2.75, 3.05) is 32.8 Å². The number of amides is 1. The third-order valence-corrected chi connectivity index (χ3v) is 6.56. The van der Waals surface area contributed by atoms with Crippen LogP contribution >= 0.6 is 11.8 Å². The number of thioether (sulfide) groups is 1. The number of halogens is 2. The van der Waals surface area contributed by atoms with Gasteiger partial charge in [-0.3, -0.25) is 9.69 Å². The van der Waals surface area contributed by atoms with Crippen LogP contribution < -0.4 is 5.32 Å². The van der Waals surface area contributed by atoms with Crippen molar-refractivity contribution in [3.63, 3.8) is 0 Å². The number of nitrogens with zero attached hydrogens (tertiary/aromatic N) is 2. The van der Waals surface area contributed by atoms with E-state index in [1.54, 1.807) is 36.5 Å². The van der Waals surface area contributed by atoms with Crippen molar-refractivity contribution in [2.24, 2.45) is 0 Å². The molecule has 1 aromatic heterocycles. The molecule has 1 unspecified atom stereocenters. The first kappa shape index (κ1) is 23.4. The summed E-state index contributed by atoms with van der Waals surface area (Å²) in [4.78, 5) is 19.6. The fourth-order valence-electron chi connectivity index (χ4n) is 3.76. The smallest absolute Gasteiger partial charge is 0.254 e. The van der Waals surface area contributed by atoms with Gasteiger partial charge in [0.25, 0.3) is 5.91 Å². The lowest BCUT2D eigenvalue weighted by atomic mass is 10.0. The predicted molar refractivity (Wildman–Crippen MR) is 124 cm³/mol. The molecule has 1 amide bonds. The normalized spacial score (nSPS) is 15.2. The highest BCUT2D eigenvalue weighted by atomic mass is 32.2. The number of benzene rings is 2. The third kappa shape index (κ3) is 6.37. The molecule has 0 bridgehead atoms. The summed E-state index contributed by atoms with van der Waals surface area (Å²) in [7, 11) is 0. The van der Waals surface area contributed by atoms with Crippen molar-refractivity contribution in [2.45, 2.75) is 16.8 Å². The molecule has 1 N–H and O–H groups in total. The molecule has 4 rings (SSSR count). The summed E-state index contributed by atoms with van der Waals surface area (Å²) in [6.45, 7) is 2.96. The van der Waals surface area contributed by atoms with Gasteiger partial charge in [-0.15, -0.1) is 11.8 Å². The van der Waals surface area contributed by atoms with Crippen LogP contribution in [-0.4, -0.2) is 48.6 Å². The molecule has 0 spiro atoms. The van der Waals surface area contributed by atoms with E-state index in [9.17, 15) is 13.6 Å². The van der Waals surface area contributed by atoms with Crippen LogP contribution in [0.4, 0.5) is 8.78 Å². The van der Waals surface area contributed by atoms with E-state index in [2.05, 4.69) is 15.2 Å². The zero-order valence-electron chi connectivity index (χ0n) is 18.0. The molecular formula is C25H25F2N3O2S. The Kier molecular flexibility index (Phi) is 8.04. The van der Waals surface area contributed by atoms with Gasteiger partial charge in [0.1, 0.15) is 16.7 Å². The molecule has 1 saturated heterocycles. The summed E-state index contributed by atoms with van der Waals surface area (Å²) in [5.74, 6) is -0.255. The quantitative estimate of drug-likeness (QED) is 0.494. The van der Waals surface area contributed by atoms with Gasteiger partial charge in [-0.2, -0.15) is 0 Å². The van der Waals surface area contributed by atoms with E-state index in [1.807, 2.05) is 6.07 Å². The van der Waals surface area contributed by atoms with E-state index in [-0.39, 0.29) is 23.6 Å². The van der Waals surface area contributed by atoms with Crippen molar-refractivity contribution in [1.29, 1.82) is 0 Å². The molecule has 33 heavy (non-hydrogen) atoms. The highest BCUT2D eigenvalue weighted by Crippen LogP contribution is 2.25. The summed E-state index contributed by atoms with van der Waals surface area (Å²) in [6, 6.07) is 16.1. The molecule has 3 aromatic rings. The van der Waals surface area contributed by atoms with Crippen molar-refractivity contribution >= 4 is 17.7 Å². The Morgan fingerprint density at radius 1 is 1.06 bits per heavy atom. The lowest BCUT2D eigenvalue weighted by Gasteiger charge is -2.35. The highest BCUT2D eigenvalue weighted by molar-refractivity contribution is 7.98. The Hall–Kier alpha value is -2.81. The summed E-state index contributed by atoms with van der Waals surface area (Å²) < 4.78 is 32.5. The average molecular weight is 470 g/mol. The number of nitrogens with one attached hydrogen (secondary N) is 1. The molecule has 5 nitrogen and oxygen atoms in total. The molecule has 0 radical (unpaired) electrons. The zero-order valence-corrected chi connectivity index (χ0v) is 18.9. The third-order valence-electron chi connectivity index (χ3n) is 5.48. The summed E-state index contributed by atoms with van der Waals surface area (Å²) in [5.41, 5.74) is 2.23. The molecule has 1 aliphatic heterocycles. The maximum absolute atomic E-state index is 13.9. The fraction of sp³-hybridized carbons (Fsp3) is 0.280. The summed E-state index contributed by atoms with van der Waals surface area (Å²) in [6.07, 6.45) is 1.65. The van der Waals surface area contributed by atoms with Gasteiger partial charge in [-0.05, 0) is 47.5 Å². The van der Waals surface area contributed by atoms with Crippen LogP contribution in [0.3, 0.4) is 0 Å². The van der Waals surface area contributed by atoms with Crippen LogP contribution in [-0.2, 0) is 10.5 Å². The summed E-state index contributed by atoms with van der Waals surface area (Å²) in [5, 5.41) is 3.62. The van der Waals surface area contributed by atoms with E-state index >= 15 is 0 Å². The number of morpholine rings is 1. The molecule has 0 saturated carbocycles. The second kappa shape index (κ2) is 11.4. The van der Waals surface area contributed by atoms with Gasteiger partial charge in [0.2, 0.25) is 0 Å². The first-order valence-corrected chi connectivity index (χ1v) is 11.8. The van der Waals surface area contributed by atoms with Crippen LogP contribution in [0.5, 0.6) is 0 Å². The van der Waals surface area contributed by atoms with Crippen molar-refractivity contribution in [3.8, 4) is 0 Å². The van der Waals surface area contributed by atoms with E-state index in [4.69, 9.17) is 4.74 Å². The molecule has 0 aliphatic carbocycles. The van der Waals surface area contributed by atoms with Crippen LogP contribution in [0.1, 0.15) is 27.5 Å². The van der Waals surface area contributed by atoms with E-state index in [0.29, 0.717) is 49.2 Å². The average Bonchev–Trinajstić information content (AvgIpc) is 2.85. The van der Waals surface area contributed by atoms with Gasteiger partial charge in [-0.25, -0.2) is 13.8 Å². The Morgan fingerprint density at radius 3 is 2.61 bits per heavy atom. The number of hydrogen-bond donors (Lipinski definition) is 1. The van der Waals surface area contributed by atoms with E-state index in [0.717, 1.165) is 11.1 Å². The first-order chi connectivity index (χ1) is 16.1. The predicted octanol–water partition coefficient (Wildman–Crippen LogP) is 4.46. The first-order valence-electron chi connectivity index (χ1n) is 10.8. The maximum atomic E-state index is 13.9. The minimum Gasteiger partial charge on any atom is -0.379 e. The monoisotopic (exact) mass is 469 g/mol. The summed E-state index contributed by atoms with van der Waals surface area (Å²) >= 11 is 1.42. The number of ether oxygens (including phenoxy) is 1. The molecule has 1 atom stereocenters. The minimum absolute atomic E-state index is 0.166. The Labute approximate surface area is 196 Å². The number of aromatic nitrogens is 1. The van der Waals surface area contributed by atoms with E-state index in [1.165, 1.54) is 36.0 Å². The number of rotatable bonds is 8. The second-order valence-corrected chi connectivity index (χ2v) is 8.66. The number of carbonyl (C=O) groups is 1. The fourth-order valence-corrected chi connectivity index (χ4v) is 4.70. The molecule has 2 heterocycles. The Balaban J connectivity index is 1.45. The molecule has 2 aromatic carbocycles. The van der Waals surface area contributed by atoms with Crippen LogP contribution in [0.2, 0.25) is 0 Å². The zero-order chi connectivity index (χ0) is 23.0. The van der Waals surface area contributed by atoms with Gasteiger partial charge in [-0.1, -0.05) is 24.3 Å². The van der Waals surface area contributed by atoms with Gasteiger partial charge < -0.3 is 10.1 Å².